The van der Waals surface area contributed by atoms with Crippen LogP contribution in [-0.4, -0.2) is 46.3 Å². The average molecular weight is 437 g/mol. The van der Waals surface area contributed by atoms with E-state index in [0.717, 1.165) is 5.56 Å². The smallest absolute Gasteiger partial charge is 0.254 e. The van der Waals surface area contributed by atoms with E-state index < -0.39 is 21.0 Å². The maximum atomic E-state index is 12.7. The number of methoxy groups -OCH3 is 1. The summed E-state index contributed by atoms with van der Waals surface area (Å²) >= 11 is 0. The fourth-order valence-electron chi connectivity index (χ4n) is 2.99. The minimum atomic E-state index is -3.85. The van der Waals surface area contributed by atoms with Crippen molar-refractivity contribution in [2.24, 2.45) is 0 Å². The van der Waals surface area contributed by atoms with Gasteiger partial charge in [0.2, 0.25) is 5.91 Å². The zero-order valence-corrected chi connectivity index (χ0v) is 17.6. The van der Waals surface area contributed by atoms with Gasteiger partial charge in [0.1, 0.15) is 11.0 Å². The lowest BCUT2D eigenvalue weighted by Gasteiger charge is -2.11. The van der Waals surface area contributed by atoms with Crippen LogP contribution in [0.3, 0.4) is 0 Å². The largest absolute Gasteiger partial charge is 0.497 e. The molecule has 9 nitrogen and oxygen atoms in total. The number of fused-ring (bicyclic) bond motifs is 1. The number of carbonyl (C=O) groups is 1. The average Bonchev–Trinajstić information content (AvgIpc) is 3.21. The number of amides is 1. The van der Waals surface area contributed by atoms with E-state index in [4.69, 9.17) is 4.74 Å². The van der Waals surface area contributed by atoms with E-state index in [1.165, 1.54) is 23.6 Å². The number of carbonyl (C=O) groups excluding carboxylic acids is 1. The number of benzene rings is 2. The van der Waals surface area contributed by atoms with E-state index in [9.17, 15) is 13.2 Å². The summed E-state index contributed by atoms with van der Waals surface area (Å²) in [6.45, 7) is 1.33. The predicted molar refractivity (Wildman–Crippen MR) is 114 cm³/mol. The quantitative estimate of drug-likeness (QED) is 0.493. The molecule has 0 aliphatic carbocycles. The molecule has 0 aliphatic rings. The van der Waals surface area contributed by atoms with Crippen LogP contribution in [0.25, 0.3) is 17.0 Å². The third-order valence-corrected chi connectivity index (χ3v) is 6.84. The number of ether oxygens (including phenoxy) is 1. The van der Waals surface area contributed by atoms with E-state index in [-0.39, 0.29) is 16.6 Å². The fraction of sp³-hybridized carbons (Fsp3) is 0.143. The number of aromatic nitrogens is 4. The standard InChI is InChI=1S/C21H19N5O4S/c1-14(31(28,29)17-6-4-3-5-7-17)19(27)23-20-24-21-22-13-12-18(26(21)25-20)15-8-10-16(30-2)11-9-15/h3-14H,1-2H3,(H,23,25,27). The summed E-state index contributed by atoms with van der Waals surface area (Å²) in [6.07, 6.45) is 1.58. The van der Waals surface area contributed by atoms with Gasteiger partial charge in [0, 0.05) is 11.8 Å². The minimum absolute atomic E-state index is 0.0337. The first-order valence-electron chi connectivity index (χ1n) is 9.36. The van der Waals surface area contributed by atoms with Gasteiger partial charge in [-0.05, 0) is 49.4 Å². The van der Waals surface area contributed by atoms with Gasteiger partial charge in [0.05, 0.1) is 17.7 Å². The second kappa shape index (κ2) is 8.15. The van der Waals surface area contributed by atoms with Gasteiger partial charge in [-0.3, -0.25) is 10.1 Å². The Kier molecular flexibility index (Phi) is 5.38. The Hall–Kier alpha value is -3.79. The van der Waals surface area contributed by atoms with Crippen LogP contribution < -0.4 is 10.1 Å². The molecule has 1 unspecified atom stereocenters. The third kappa shape index (κ3) is 3.97. The molecule has 10 heteroatoms. The highest BCUT2D eigenvalue weighted by molar-refractivity contribution is 7.92. The number of nitrogens with zero attached hydrogens (tertiary/aromatic N) is 4. The van der Waals surface area contributed by atoms with Crippen molar-refractivity contribution in [2.45, 2.75) is 17.1 Å². The fourth-order valence-corrected chi connectivity index (χ4v) is 4.28. The van der Waals surface area contributed by atoms with Gasteiger partial charge in [0.15, 0.2) is 9.84 Å². The van der Waals surface area contributed by atoms with Crippen LogP contribution in [0, 0.1) is 0 Å². The first kappa shape index (κ1) is 20.5. The van der Waals surface area contributed by atoms with Crippen LogP contribution in [-0.2, 0) is 14.6 Å². The van der Waals surface area contributed by atoms with Gasteiger partial charge in [-0.25, -0.2) is 13.4 Å². The van der Waals surface area contributed by atoms with E-state index in [1.54, 1.807) is 37.6 Å². The monoisotopic (exact) mass is 437 g/mol. The molecule has 0 saturated carbocycles. The van der Waals surface area contributed by atoms with Crippen LogP contribution in [0.15, 0.2) is 71.8 Å². The summed E-state index contributed by atoms with van der Waals surface area (Å²) in [6, 6.07) is 16.9. The molecule has 0 radical (unpaired) electrons. The molecule has 0 bridgehead atoms. The molecule has 2 aromatic carbocycles. The summed E-state index contributed by atoms with van der Waals surface area (Å²) in [7, 11) is -2.26. The zero-order chi connectivity index (χ0) is 22.0. The Morgan fingerprint density at radius 1 is 1.06 bits per heavy atom. The zero-order valence-electron chi connectivity index (χ0n) is 16.8. The Bertz CT molecular complexity index is 1340. The van der Waals surface area contributed by atoms with Crippen molar-refractivity contribution in [1.82, 2.24) is 19.6 Å². The second-order valence-electron chi connectivity index (χ2n) is 6.70. The first-order chi connectivity index (χ1) is 14.9. The minimum Gasteiger partial charge on any atom is -0.497 e. The molecule has 1 N–H and O–H groups in total. The maximum absolute atomic E-state index is 12.7. The summed E-state index contributed by atoms with van der Waals surface area (Å²) in [5.41, 5.74) is 1.54. The van der Waals surface area contributed by atoms with Crippen LogP contribution in [0.2, 0.25) is 0 Å². The highest BCUT2D eigenvalue weighted by atomic mass is 32.2. The van der Waals surface area contributed by atoms with Crippen LogP contribution in [0.5, 0.6) is 5.75 Å². The molecule has 158 valence electrons. The maximum Gasteiger partial charge on any atom is 0.254 e. The number of hydrogen-bond acceptors (Lipinski definition) is 7. The van der Waals surface area contributed by atoms with E-state index in [1.807, 2.05) is 24.3 Å². The van der Waals surface area contributed by atoms with Crippen LogP contribution >= 0.6 is 0 Å². The summed E-state index contributed by atoms with van der Waals surface area (Å²) in [5, 5.41) is 5.45. The first-order valence-corrected chi connectivity index (χ1v) is 10.9. The number of sulfone groups is 1. The SMILES string of the molecule is COc1ccc(-c2ccnc3nc(NC(=O)C(C)S(=O)(=O)c4ccccc4)nn23)cc1. The Morgan fingerprint density at radius 3 is 2.45 bits per heavy atom. The molecule has 4 rings (SSSR count). The Balaban J connectivity index is 1.61. The van der Waals surface area contributed by atoms with Crippen molar-refractivity contribution < 1.29 is 17.9 Å². The van der Waals surface area contributed by atoms with E-state index in [0.29, 0.717) is 11.4 Å². The molecular formula is C21H19N5O4S. The van der Waals surface area contributed by atoms with Gasteiger partial charge in [0.25, 0.3) is 11.7 Å². The van der Waals surface area contributed by atoms with Crippen molar-refractivity contribution in [3.05, 3.63) is 66.9 Å². The molecular weight excluding hydrogens is 418 g/mol. The summed E-state index contributed by atoms with van der Waals surface area (Å²) < 4.78 is 32.1. The van der Waals surface area contributed by atoms with Gasteiger partial charge >= 0.3 is 0 Å². The lowest BCUT2D eigenvalue weighted by molar-refractivity contribution is -0.115. The van der Waals surface area contributed by atoms with Crippen molar-refractivity contribution in [1.29, 1.82) is 0 Å². The third-order valence-electron chi connectivity index (χ3n) is 4.77. The second-order valence-corrected chi connectivity index (χ2v) is 8.96. The van der Waals surface area contributed by atoms with Gasteiger partial charge in [-0.15, -0.1) is 5.10 Å². The van der Waals surface area contributed by atoms with Gasteiger partial charge in [-0.1, -0.05) is 18.2 Å². The molecule has 31 heavy (non-hydrogen) atoms. The lowest BCUT2D eigenvalue weighted by atomic mass is 10.1. The van der Waals surface area contributed by atoms with Crippen molar-refractivity contribution in [3.63, 3.8) is 0 Å². The van der Waals surface area contributed by atoms with Crippen molar-refractivity contribution in [3.8, 4) is 17.0 Å². The van der Waals surface area contributed by atoms with Crippen LogP contribution in [0.1, 0.15) is 6.92 Å². The highest BCUT2D eigenvalue weighted by Crippen LogP contribution is 2.23. The topological polar surface area (TPSA) is 116 Å². The molecule has 0 spiro atoms. The molecule has 0 saturated heterocycles. The molecule has 0 aliphatic heterocycles. The predicted octanol–water partition coefficient (Wildman–Crippen LogP) is 2.60. The normalized spacial score (nSPS) is 12.5. The molecule has 4 aromatic rings. The van der Waals surface area contributed by atoms with E-state index in [2.05, 4.69) is 20.4 Å². The lowest BCUT2D eigenvalue weighted by Crippen LogP contribution is -2.33. The summed E-state index contributed by atoms with van der Waals surface area (Å²) in [4.78, 5) is 21.1. The Labute approximate surface area is 178 Å². The molecule has 2 heterocycles. The highest BCUT2D eigenvalue weighted by Gasteiger charge is 2.30. The van der Waals surface area contributed by atoms with E-state index >= 15 is 0 Å². The Morgan fingerprint density at radius 2 is 1.77 bits per heavy atom. The van der Waals surface area contributed by atoms with Crippen molar-refractivity contribution >= 4 is 27.5 Å². The number of rotatable bonds is 6. The molecule has 1 amide bonds. The molecule has 2 aromatic heterocycles. The number of nitrogens with one attached hydrogen (secondary N) is 1. The van der Waals surface area contributed by atoms with Crippen LogP contribution in [0.4, 0.5) is 5.95 Å². The van der Waals surface area contributed by atoms with Gasteiger partial charge < -0.3 is 4.74 Å². The molecule has 1 atom stereocenters. The number of hydrogen-bond donors (Lipinski definition) is 1. The number of anilines is 1. The summed E-state index contributed by atoms with van der Waals surface area (Å²) in [5.74, 6) is 0.218. The van der Waals surface area contributed by atoms with Gasteiger partial charge in [-0.2, -0.15) is 9.50 Å². The molecule has 0 fully saturated rings. The van der Waals surface area contributed by atoms with Crippen molar-refractivity contribution in [2.75, 3.05) is 12.4 Å².